The zero-order chi connectivity index (χ0) is 25.3. The lowest BCUT2D eigenvalue weighted by molar-refractivity contribution is -0.141. The molecule has 5 aliphatic rings. The third-order valence-corrected chi connectivity index (χ3v) is 9.99. The number of rotatable bonds is 9. The highest BCUT2D eigenvalue weighted by atomic mass is 16.2. The SMILES string of the molecule is CC(C)C(C#N)(CCCCC(=O)N1CCC[C@@H]1C(=O)NC12CC3CC(CC(C3)C1)C2)c1ccccc1. The van der Waals surface area contributed by atoms with E-state index in [1.807, 2.05) is 35.2 Å². The highest BCUT2D eigenvalue weighted by Gasteiger charge is 2.52. The normalized spacial score (nSPS) is 32.3. The molecule has 36 heavy (non-hydrogen) atoms. The molecular weight excluding hydrogens is 446 g/mol. The van der Waals surface area contributed by atoms with E-state index in [1.54, 1.807) is 0 Å². The first-order chi connectivity index (χ1) is 17.3. The molecule has 6 rings (SSSR count). The molecule has 4 bridgehead atoms. The van der Waals surface area contributed by atoms with Gasteiger partial charge in [-0.3, -0.25) is 9.59 Å². The van der Waals surface area contributed by atoms with Crippen LogP contribution in [0, 0.1) is 35.0 Å². The first kappa shape index (κ1) is 25.3. The van der Waals surface area contributed by atoms with Crippen LogP contribution in [-0.4, -0.2) is 34.8 Å². The van der Waals surface area contributed by atoms with E-state index < -0.39 is 5.41 Å². The van der Waals surface area contributed by atoms with Crippen molar-refractivity contribution < 1.29 is 9.59 Å². The quantitative estimate of drug-likeness (QED) is 0.450. The Kier molecular flexibility index (Phi) is 7.16. The lowest BCUT2D eigenvalue weighted by atomic mass is 9.53. The van der Waals surface area contributed by atoms with Crippen LogP contribution in [0.2, 0.25) is 0 Å². The fraction of sp³-hybridized carbons (Fsp3) is 0.710. The van der Waals surface area contributed by atoms with E-state index in [-0.39, 0.29) is 29.3 Å². The predicted molar refractivity (Wildman–Crippen MR) is 141 cm³/mol. The van der Waals surface area contributed by atoms with Crippen molar-refractivity contribution in [2.45, 2.75) is 108 Å². The summed E-state index contributed by atoms with van der Waals surface area (Å²) < 4.78 is 0. The van der Waals surface area contributed by atoms with Crippen LogP contribution in [-0.2, 0) is 15.0 Å². The third-order valence-electron chi connectivity index (χ3n) is 9.99. The number of nitrogens with zero attached hydrogens (tertiary/aromatic N) is 2. The highest BCUT2D eigenvalue weighted by Crippen LogP contribution is 2.55. The van der Waals surface area contributed by atoms with Gasteiger partial charge in [0.25, 0.3) is 0 Å². The number of nitrogens with one attached hydrogen (secondary N) is 1. The minimum Gasteiger partial charge on any atom is -0.349 e. The molecule has 1 unspecified atom stereocenters. The molecule has 5 fully saturated rings. The number of carbonyl (C=O) groups is 2. The molecular formula is C31H43N3O2. The summed E-state index contributed by atoms with van der Waals surface area (Å²) in [6.45, 7) is 4.91. The smallest absolute Gasteiger partial charge is 0.243 e. The second-order valence-electron chi connectivity index (χ2n) is 12.7. The second kappa shape index (κ2) is 10.2. The van der Waals surface area contributed by atoms with Crippen molar-refractivity contribution in [2.24, 2.45) is 23.7 Å². The number of hydrogen-bond acceptors (Lipinski definition) is 3. The van der Waals surface area contributed by atoms with Crippen molar-refractivity contribution >= 4 is 11.8 Å². The molecule has 194 valence electrons. The maximum Gasteiger partial charge on any atom is 0.243 e. The molecule has 4 saturated carbocycles. The topological polar surface area (TPSA) is 73.2 Å². The minimum atomic E-state index is -0.530. The number of amides is 2. The Hall–Kier alpha value is -2.35. The van der Waals surface area contributed by atoms with E-state index >= 15 is 0 Å². The van der Waals surface area contributed by atoms with Crippen LogP contribution in [0.1, 0.15) is 96.5 Å². The number of carbonyl (C=O) groups excluding carboxylic acids is 2. The summed E-state index contributed by atoms with van der Waals surface area (Å²) in [5.41, 5.74) is 0.533. The Bertz CT molecular complexity index is 962. The summed E-state index contributed by atoms with van der Waals surface area (Å²) >= 11 is 0. The van der Waals surface area contributed by atoms with Gasteiger partial charge in [0.05, 0.1) is 11.5 Å². The molecule has 4 aliphatic carbocycles. The Morgan fingerprint density at radius 3 is 2.31 bits per heavy atom. The Labute approximate surface area is 217 Å². The molecule has 0 aromatic heterocycles. The number of benzene rings is 1. The summed E-state index contributed by atoms with van der Waals surface area (Å²) in [6, 6.07) is 12.4. The molecule has 2 atom stereocenters. The van der Waals surface area contributed by atoms with Crippen LogP contribution in [0.15, 0.2) is 30.3 Å². The fourth-order valence-electron chi connectivity index (χ4n) is 8.52. The summed E-state index contributed by atoms with van der Waals surface area (Å²) in [5.74, 6) is 2.76. The zero-order valence-electron chi connectivity index (χ0n) is 22.2. The molecule has 1 aromatic carbocycles. The molecule has 1 saturated heterocycles. The van der Waals surface area contributed by atoms with E-state index in [9.17, 15) is 14.9 Å². The lowest BCUT2D eigenvalue weighted by Crippen LogP contribution is -2.62. The van der Waals surface area contributed by atoms with Crippen LogP contribution in [0.4, 0.5) is 0 Å². The molecule has 1 aliphatic heterocycles. The lowest BCUT2D eigenvalue weighted by Gasteiger charge is -2.57. The third kappa shape index (κ3) is 4.81. The maximum absolute atomic E-state index is 13.4. The largest absolute Gasteiger partial charge is 0.349 e. The van der Waals surface area contributed by atoms with E-state index in [2.05, 4.69) is 25.2 Å². The standard InChI is InChI=1S/C31H43N3O2/c1-22(2)31(21-32,26-9-4-3-5-10-26)13-7-6-12-28(35)34-14-8-11-27(34)29(36)33-30-18-23-15-24(19-30)17-25(16-23)20-30/h3-5,9-10,22-25,27H,6-8,11-20H2,1-2H3,(H,33,36)/t23?,24?,25?,27-,30?,31?/m1/s1. The summed E-state index contributed by atoms with van der Waals surface area (Å²) in [4.78, 5) is 28.5. The Morgan fingerprint density at radius 2 is 1.72 bits per heavy atom. The predicted octanol–water partition coefficient (Wildman–Crippen LogP) is 5.74. The molecule has 1 N–H and O–H groups in total. The van der Waals surface area contributed by atoms with Gasteiger partial charge < -0.3 is 10.2 Å². The van der Waals surface area contributed by atoms with Crippen molar-refractivity contribution in [3.63, 3.8) is 0 Å². The van der Waals surface area contributed by atoms with E-state index in [1.165, 1.54) is 19.3 Å². The van der Waals surface area contributed by atoms with Crippen LogP contribution < -0.4 is 5.32 Å². The molecule has 0 spiro atoms. The van der Waals surface area contributed by atoms with E-state index in [4.69, 9.17) is 0 Å². The van der Waals surface area contributed by atoms with Crippen LogP contribution >= 0.6 is 0 Å². The average molecular weight is 490 g/mol. The molecule has 0 radical (unpaired) electrons. The Balaban J connectivity index is 1.15. The molecule has 2 amide bonds. The zero-order valence-corrected chi connectivity index (χ0v) is 22.2. The van der Waals surface area contributed by atoms with Crippen LogP contribution in [0.3, 0.4) is 0 Å². The summed E-state index contributed by atoms with van der Waals surface area (Å²) in [7, 11) is 0. The molecule has 1 heterocycles. The second-order valence-corrected chi connectivity index (χ2v) is 12.7. The average Bonchev–Trinajstić information content (AvgIpc) is 3.34. The van der Waals surface area contributed by atoms with Gasteiger partial charge in [-0.2, -0.15) is 5.26 Å². The van der Waals surface area contributed by atoms with Gasteiger partial charge in [-0.1, -0.05) is 50.6 Å². The number of hydrogen-bond donors (Lipinski definition) is 1. The van der Waals surface area contributed by atoms with Gasteiger partial charge in [0.15, 0.2) is 0 Å². The summed E-state index contributed by atoms with van der Waals surface area (Å²) in [6.07, 6.45) is 12.0. The van der Waals surface area contributed by atoms with Crippen molar-refractivity contribution in [3.8, 4) is 6.07 Å². The van der Waals surface area contributed by atoms with Gasteiger partial charge in [-0.15, -0.1) is 0 Å². The van der Waals surface area contributed by atoms with E-state index in [0.717, 1.165) is 74.7 Å². The van der Waals surface area contributed by atoms with Gasteiger partial charge in [0.2, 0.25) is 11.8 Å². The van der Waals surface area contributed by atoms with Crippen molar-refractivity contribution in [1.82, 2.24) is 10.2 Å². The first-order valence-corrected chi connectivity index (χ1v) is 14.4. The van der Waals surface area contributed by atoms with Gasteiger partial charge in [0.1, 0.15) is 6.04 Å². The number of nitriles is 1. The number of likely N-dealkylation sites (tertiary alicyclic amines) is 1. The van der Waals surface area contributed by atoms with Crippen molar-refractivity contribution in [3.05, 3.63) is 35.9 Å². The Morgan fingerprint density at radius 1 is 1.08 bits per heavy atom. The highest BCUT2D eigenvalue weighted by molar-refractivity contribution is 5.88. The van der Waals surface area contributed by atoms with Crippen molar-refractivity contribution in [1.29, 1.82) is 5.26 Å². The number of unbranched alkanes of at least 4 members (excludes halogenated alkanes) is 1. The fourth-order valence-corrected chi connectivity index (χ4v) is 8.52. The van der Waals surface area contributed by atoms with Gasteiger partial charge in [0, 0.05) is 18.5 Å². The maximum atomic E-state index is 13.4. The first-order valence-electron chi connectivity index (χ1n) is 14.4. The van der Waals surface area contributed by atoms with E-state index in [0.29, 0.717) is 13.0 Å². The van der Waals surface area contributed by atoms with Gasteiger partial charge >= 0.3 is 0 Å². The van der Waals surface area contributed by atoms with Gasteiger partial charge in [-0.25, -0.2) is 0 Å². The molecule has 5 nitrogen and oxygen atoms in total. The van der Waals surface area contributed by atoms with Crippen LogP contribution in [0.5, 0.6) is 0 Å². The van der Waals surface area contributed by atoms with Gasteiger partial charge in [-0.05, 0) is 93.4 Å². The van der Waals surface area contributed by atoms with Crippen LogP contribution in [0.25, 0.3) is 0 Å². The minimum absolute atomic E-state index is 0.00193. The monoisotopic (exact) mass is 489 g/mol. The molecule has 5 heteroatoms. The molecule has 1 aromatic rings. The van der Waals surface area contributed by atoms with Crippen molar-refractivity contribution in [2.75, 3.05) is 6.54 Å². The summed E-state index contributed by atoms with van der Waals surface area (Å²) in [5, 5.41) is 13.6.